The van der Waals surface area contributed by atoms with E-state index in [1.807, 2.05) is 53.4 Å². The van der Waals surface area contributed by atoms with Crippen LogP contribution in [0.4, 0.5) is 5.69 Å². The maximum Gasteiger partial charge on any atom is 0.228 e. The van der Waals surface area contributed by atoms with Crippen molar-refractivity contribution in [3.63, 3.8) is 0 Å². The Morgan fingerprint density at radius 3 is 2.80 bits per heavy atom. The molecule has 5 atom stereocenters. The average Bonchev–Trinajstić information content (AvgIpc) is 3.32. The zero-order valence-electron chi connectivity index (χ0n) is 16.6. The molecule has 1 amide bonds. The first-order valence-corrected chi connectivity index (χ1v) is 10.4. The van der Waals surface area contributed by atoms with Crippen molar-refractivity contribution in [1.29, 1.82) is 0 Å². The van der Waals surface area contributed by atoms with Gasteiger partial charge in [-0.1, -0.05) is 30.3 Å². The normalized spacial score (nSPS) is 31.3. The van der Waals surface area contributed by atoms with E-state index in [-0.39, 0.29) is 18.4 Å². The van der Waals surface area contributed by atoms with E-state index in [1.54, 1.807) is 0 Å². The Morgan fingerprint density at radius 2 is 2.03 bits per heavy atom. The highest BCUT2D eigenvalue weighted by molar-refractivity contribution is 5.99. The molecule has 2 aromatic rings. The molecule has 0 spiro atoms. The molecule has 7 heteroatoms. The van der Waals surface area contributed by atoms with E-state index in [4.69, 9.17) is 4.74 Å². The van der Waals surface area contributed by atoms with Gasteiger partial charge in [-0.25, -0.2) is 0 Å². The number of aliphatic hydroxyl groups is 3. The molecule has 5 rings (SSSR count). The van der Waals surface area contributed by atoms with Gasteiger partial charge in [0.15, 0.2) is 0 Å². The highest BCUT2D eigenvalue weighted by Gasteiger charge is 2.59. The zero-order chi connectivity index (χ0) is 20.9. The second-order valence-electron chi connectivity index (χ2n) is 8.69. The van der Waals surface area contributed by atoms with Gasteiger partial charge in [-0.3, -0.25) is 9.69 Å². The molecule has 0 radical (unpaired) electrons. The predicted molar refractivity (Wildman–Crippen MR) is 110 cm³/mol. The third-order valence-corrected chi connectivity index (χ3v) is 6.64. The van der Waals surface area contributed by atoms with Crippen molar-refractivity contribution in [3.05, 3.63) is 59.7 Å². The lowest BCUT2D eigenvalue weighted by Crippen LogP contribution is -2.49. The summed E-state index contributed by atoms with van der Waals surface area (Å²) < 4.78 is 5.91. The Hall–Kier alpha value is -2.45. The second-order valence-corrected chi connectivity index (χ2v) is 8.69. The molecular weight excluding hydrogens is 384 g/mol. The minimum Gasteiger partial charge on any atom is -0.488 e. The van der Waals surface area contributed by atoms with Crippen molar-refractivity contribution >= 4 is 11.6 Å². The van der Waals surface area contributed by atoms with E-state index in [1.165, 1.54) is 0 Å². The summed E-state index contributed by atoms with van der Waals surface area (Å²) in [5, 5.41) is 35.4. The van der Waals surface area contributed by atoms with Crippen molar-refractivity contribution < 1.29 is 24.9 Å². The number of likely N-dealkylation sites (tertiary alicyclic amines) is 1. The third kappa shape index (κ3) is 3.37. The van der Waals surface area contributed by atoms with Crippen LogP contribution in [0.1, 0.15) is 23.7 Å². The number of aliphatic hydroxyl groups excluding tert-OH is 2. The Labute approximate surface area is 174 Å². The number of benzene rings is 2. The van der Waals surface area contributed by atoms with E-state index in [0.29, 0.717) is 31.7 Å². The van der Waals surface area contributed by atoms with Crippen molar-refractivity contribution in [1.82, 2.24) is 4.90 Å². The molecule has 158 valence electrons. The molecule has 4 N–H and O–H groups in total. The summed E-state index contributed by atoms with van der Waals surface area (Å²) in [6.07, 6.45) is -1.28. The number of nitrogens with zero attached hydrogens (tertiary/aromatic N) is 1. The fourth-order valence-electron chi connectivity index (χ4n) is 5.10. The largest absolute Gasteiger partial charge is 0.488 e. The second kappa shape index (κ2) is 7.35. The van der Waals surface area contributed by atoms with Gasteiger partial charge >= 0.3 is 0 Å². The number of anilines is 1. The quantitative estimate of drug-likeness (QED) is 0.589. The van der Waals surface area contributed by atoms with Crippen molar-refractivity contribution in [2.24, 2.45) is 5.92 Å². The summed E-state index contributed by atoms with van der Waals surface area (Å²) in [5.74, 6) is 0.532. The summed E-state index contributed by atoms with van der Waals surface area (Å²) in [5.41, 5.74) is 1.20. The smallest absolute Gasteiger partial charge is 0.228 e. The Kier molecular flexibility index (Phi) is 4.78. The van der Waals surface area contributed by atoms with Gasteiger partial charge in [0.1, 0.15) is 23.6 Å². The zero-order valence-corrected chi connectivity index (χ0v) is 16.6. The van der Waals surface area contributed by atoms with E-state index < -0.39 is 23.9 Å². The van der Waals surface area contributed by atoms with E-state index in [0.717, 1.165) is 16.8 Å². The fraction of sp³-hybridized carbons (Fsp3) is 0.435. The highest BCUT2D eigenvalue weighted by Crippen LogP contribution is 2.43. The number of β-amino-alcohol motifs (C(OH)–C–C–N with tert-alkyl or cyclic N) is 2. The molecule has 0 bridgehead atoms. The van der Waals surface area contributed by atoms with Crippen LogP contribution >= 0.6 is 0 Å². The fourth-order valence-corrected chi connectivity index (χ4v) is 5.10. The van der Waals surface area contributed by atoms with Crippen LogP contribution in [-0.2, 0) is 11.2 Å². The molecule has 30 heavy (non-hydrogen) atoms. The number of hydrogen-bond acceptors (Lipinski definition) is 6. The number of para-hydroxylation sites is 1. The van der Waals surface area contributed by atoms with Crippen molar-refractivity contribution in [2.75, 3.05) is 25.0 Å². The molecule has 1 unspecified atom stereocenters. The number of ether oxygens (including phenoxy) is 1. The first-order valence-electron chi connectivity index (χ1n) is 10.4. The summed E-state index contributed by atoms with van der Waals surface area (Å²) in [7, 11) is 0. The minimum absolute atomic E-state index is 0.0347. The van der Waals surface area contributed by atoms with Gasteiger partial charge in [0, 0.05) is 31.2 Å². The topological polar surface area (TPSA) is 102 Å². The van der Waals surface area contributed by atoms with Crippen molar-refractivity contribution in [3.8, 4) is 5.75 Å². The third-order valence-electron chi connectivity index (χ3n) is 6.64. The van der Waals surface area contributed by atoms with Gasteiger partial charge < -0.3 is 25.4 Å². The van der Waals surface area contributed by atoms with Gasteiger partial charge in [-0.15, -0.1) is 0 Å². The molecule has 2 aliphatic heterocycles. The number of nitrogens with one attached hydrogen (secondary N) is 1. The maximum atomic E-state index is 11.5. The SMILES string of the molecule is O=C1Cc2cc(C(O)CN3C[C@@H]4C[C@@H](Oc5ccccc5)[C@@H](O)[C@]4(O)C3)ccc2N1. The lowest BCUT2D eigenvalue weighted by atomic mass is 9.93. The Morgan fingerprint density at radius 1 is 1.23 bits per heavy atom. The number of carbonyl (C=O) groups excluding carboxylic acids is 1. The average molecular weight is 410 g/mol. The number of rotatable bonds is 5. The van der Waals surface area contributed by atoms with Crippen molar-refractivity contribution in [2.45, 2.75) is 36.8 Å². The molecule has 1 saturated heterocycles. The summed E-state index contributed by atoms with van der Waals surface area (Å²) >= 11 is 0. The first-order chi connectivity index (χ1) is 14.4. The van der Waals surface area contributed by atoms with E-state index in [9.17, 15) is 20.1 Å². The Balaban J connectivity index is 1.22. The Bertz CT molecular complexity index is 952. The van der Waals surface area contributed by atoms with Crippen LogP contribution < -0.4 is 10.1 Å². The molecule has 2 heterocycles. The molecule has 0 aromatic heterocycles. The molecule has 2 fully saturated rings. The summed E-state index contributed by atoms with van der Waals surface area (Å²) in [4.78, 5) is 13.5. The lowest BCUT2D eigenvalue weighted by Gasteiger charge is -2.29. The molecular formula is C23H26N2O5. The monoisotopic (exact) mass is 410 g/mol. The van der Waals surface area contributed by atoms with Gasteiger partial charge in [0.25, 0.3) is 0 Å². The summed E-state index contributed by atoms with van der Waals surface area (Å²) in [6.45, 7) is 1.23. The molecule has 3 aliphatic rings. The van der Waals surface area contributed by atoms with Gasteiger partial charge in [0.2, 0.25) is 5.91 Å². The molecule has 7 nitrogen and oxygen atoms in total. The van der Waals surface area contributed by atoms with Gasteiger partial charge in [-0.2, -0.15) is 0 Å². The maximum absolute atomic E-state index is 11.5. The van der Waals surface area contributed by atoms with Crippen LogP contribution in [0.3, 0.4) is 0 Å². The standard InChI is InChI=1S/C23H26N2O5/c26-19(14-6-7-18-15(8-14)9-21(27)24-18)12-25-11-16-10-20(22(28)23(16,29)13-25)30-17-4-2-1-3-5-17/h1-8,16,19-20,22,26,28-29H,9-13H2,(H,24,27)/t16-,19?,20+,22+,23-/m0/s1. The number of amides is 1. The minimum atomic E-state index is -1.24. The van der Waals surface area contributed by atoms with Crippen LogP contribution in [0.5, 0.6) is 5.75 Å². The van der Waals surface area contributed by atoms with Crippen LogP contribution in [0.2, 0.25) is 0 Å². The molecule has 1 saturated carbocycles. The van der Waals surface area contributed by atoms with Crippen LogP contribution in [0.15, 0.2) is 48.5 Å². The van der Waals surface area contributed by atoms with Crippen LogP contribution in [0, 0.1) is 5.92 Å². The predicted octanol–water partition coefficient (Wildman–Crippen LogP) is 1.09. The van der Waals surface area contributed by atoms with Crippen LogP contribution in [0.25, 0.3) is 0 Å². The van der Waals surface area contributed by atoms with Gasteiger partial charge in [0.05, 0.1) is 12.5 Å². The van der Waals surface area contributed by atoms with E-state index in [2.05, 4.69) is 5.32 Å². The molecule has 1 aliphatic carbocycles. The first kappa shape index (κ1) is 19.5. The van der Waals surface area contributed by atoms with Crippen LogP contribution in [-0.4, -0.2) is 63.6 Å². The molecule has 2 aromatic carbocycles. The highest BCUT2D eigenvalue weighted by atomic mass is 16.5. The number of hydrogen-bond donors (Lipinski definition) is 4. The number of fused-ring (bicyclic) bond motifs is 2. The lowest BCUT2D eigenvalue weighted by molar-refractivity contribution is -0.115. The summed E-state index contributed by atoms with van der Waals surface area (Å²) in [6, 6.07) is 14.8. The van der Waals surface area contributed by atoms with E-state index >= 15 is 0 Å². The number of carbonyl (C=O) groups is 1. The van der Waals surface area contributed by atoms with Gasteiger partial charge in [-0.05, 0) is 35.7 Å².